The fourth-order valence-electron chi connectivity index (χ4n) is 1.41. The largest absolute Gasteiger partial charge is 0.261 e. The third-order valence-corrected chi connectivity index (χ3v) is 2.31. The van der Waals surface area contributed by atoms with Crippen LogP contribution in [0, 0.1) is 0 Å². The lowest BCUT2D eigenvalue weighted by atomic mass is 10.1. The van der Waals surface area contributed by atoms with E-state index in [9.17, 15) is 0 Å². The maximum atomic E-state index is 4.58. The first-order valence-corrected chi connectivity index (χ1v) is 5.15. The van der Waals surface area contributed by atoms with Crippen molar-refractivity contribution in [2.45, 2.75) is 19.8 Å². The molecule has 0 radical (unpaired) electrons. The van der Waals surface area contributed by atoms with Crippen molar-refractivity contribution in [1.82, 2.24) is 9.97 Å². The molecule has 0 saturated carbocycles. The fourth-order valence-corrected chi connectivity index (χ4v) is 1.41. The molecule has 2 aromatic rings. The van der Waals surface area contributed by atoms with Crippen LogP contribution in [0.5, 0.6) is 0 Å². The Hall–Kier alpha value is -1.70. The maximum Gasteiger partial charge on any atom is 0.0888 e. The van der Waals surface area contributed by atoms with Crippen molar-refractivity contribution in [3.05, 3.63) is 48.4 Å². The van der Waals surface area contributed by atoms with E-state index >= 15 is 0 Å². The highest BCUT2D eigenvalue weighted by molar-refractivity contribution is 5.57. The van der Waals surface area contributed by atoms with Crippen LogP contribution in [0.3, 0.4) is 0 Å². The van der Waals surface area contributed by atoms with Gasteiger partial charge in [0, 0.05) is 11.8 Å². The minimum absolute atomic E-state index is 0.418. The van der Waals surface area contributed by atoms with E-state index in [0.717, 1.165) is 17.0 Å². The first-order chi connectivity index (χ1) is 7.27. The van der Waals surface area contributed by atoms with Gasteiger partial charge in [-0.1, -0.05) is 44.2 Å². The molecule has 0 spiro atoms. The summed E-state index contributed by atoms with van der Waals surface area (Å²) in [7, 11) is 0. The molecule has 0 aliphatic rings. The molecule has 0 saturated heterocycles. The third-order valence-electron chi connectivity index (χ3n) is 2.31. The molecule has 0 bridgehead atoms. The topological polar surface area (TPSA) is 25.8 Å². The third kappa shape index (κ3) is 2.21. The average molecular weight is 198 g/mol. The zero-order valence-corrected chi connectivity index (χ0v) is 9.01. The molecule has 2 nitrogen and oxygen atoms in total. The summed E-state index contributed by atoms with van der Waals surface area (Å²) < 4.78 is 0. The molecule has 76 valence electrons. The molecule has 0 aliphatic carbocycles. The normalized spacial score (nSPS) is 10.6. The molecule has 0 aliphatic heterocycles. The van der Waals surface area contributed by atoms with Gasteiger partial charge in [0.15, 0.2) is 0 Å². The van der Waals surface area contributed by atoms with E-state index in [1.165, 1.54) is 0 Å². The zero-order chi connectivity index (χ0) is 10.7. The minimum Gasteiger partial charge on any atom is -0.261 e. The molecule has 0 N–H and O–H groups in total. The first-order valence-electron chi connectivity index (χ1n) is 5.15. The lowest BCUT2D eigenvalue weighted by molar-refractivity contribution is 0.814. The van der Waals surface area contributed by atoms with Gasteiger partial charge in [0.05, 0.1) is 17.6 Å². The molecular weight excluding hydrogens is 184 g/mol. The van der Waals surface area contributed by atoms with Crippen LogP contribution in [0.15, 0.2) is 42.7 Å². The second kappa shape index (κ2) is 4.22. The first kappa shape index (κ1) is 9.84. The van der Waals surface area contributed by atoms with Crippen molar-refractivity contribution in [3.8, 4) is 11.3 Å². The van der Waals surface area contributed by atoms with E-state index in [0.29, 0.717) is 5.92 Å². The van der Waals surface area contributed by atoms with Crippen LogP contribution < -0.4 is 0 Å². The Morgan fingerprint density at radius 2 is 1.73 bits per heavy atom. The highest BCUT2D eigenvalue weighted by atomic mass is 14.8. The predicted octanol–water partition coefficient (Wildman–Crippen LogP) is 3.27. The zero-order valence-electron chi connectivity index (χ0n) is 9.01. The highest BCUT2D eigenvalue weighted by Gasteiger charge is 2.04. The summed E-state index contributed by atoms with van der Waals surface area (Å²) in [5, 5.41) is 0. The van der Waals surface area contributed by atoms with Crippen LogP contribution in [-0.2, 0) is 0 Å². The predicted molar refractivity (Wildman–Crippen MR) is 61.6 cm³/mol. The van der Waals surface area contributed by atoms with E-state index in [2.05, 4.69) is 23.8 Å². The van der Waals surface area contributed by atoms with Crippen LogP contribution in [0.2, 0.25) is 0 Å². The second-order valence-corrected chi connectivity index (χ2v) is 3.85. The summed E-state index contributed by atoms with van der Waals surface area (Å²) in [6.45, 7) is 4.25. The van der Waals surface area contributed by atoms with Gasteiger partial charge in [-0.25, -0.2) is 4.98 Å². The van der Waals surface area contributed by atoms with Crippen molar-refractivity contribution >= 4 is 0 Å². The molecule has 15 heavy (non-hydrogen) atoms. The summed E-state index contributed by atoms with van der Waals surface area (Å²) in [5.41, 5.74) is 3.10. The fraction of sp³-hybridized carbons (Fsp3) is 0.231. The van der Waals surface area contributed by atoms with Crippen LogP contribution in [-0.4, -0.2) is 9.97 Å². The minimum atomic E-state index is 0.418. The number of aromatic nitrogens is 2. The summed E-state index contributed by atoms with van der Waals surface area (Å²) >= 11 is 0. The molecule has 1 aromatic carbocycles. The van der Waals surface area contributed by atoms with Crippen LogP contribution >= 0.6 is 0 Å². The smallest absolute Gasteiger partial charge is 0.0888 e. The number of hydrogen-bond donors (Lipinski definition) is 0. The Balaban J connectivity index is 2.42. The molecule has 1 aromatic heterocycles. The number of nitrogens with zero attached hydrogens (tertiary/aromatic N) is 2. The van der Waals surface area contributed by atoms with Crippen LogP contribution in [0.25, 0.3) is 11.3 Å². The van der Waals surface area contributed by atoms with Gasteiger partial charge < -0.3 is 0 Å². The lowest BCUT2D eigenvalue weighted by Gasteiger charge is -2.06. The monoisotopic (exact) mass is 198 g/mol. The van der Waals surface area contributed by atoms with Crippen molar-refractivity contribution in [2.75, 3.05) is 0 Å². The summed E-state index contributed by atoms with van der Waals surface area (Å²) in [5.74, 6) is 0.418. The number of benzene rings is 1. The van der Waals surface area contributed by atoms with Crippen LogP contribution in [0.1, 0.15) is 25.5 Å². The van der Waals surface area contributed by atoms with Crippen molar-refractivity contribution < 1.29 is 0 Å². The molecular formula is C13H14N2. The molecule has 0 atom stereocenters. The molecule has 0 unspecified atom stereocenters. The Labute approximate surface area is 90.0 Å². The van der Waals surface area contributed by atoms with E-state index in [1.807, 2.05) is 36.5 Å². The van der Waals surface area contributed by atoms with Crippen molar-refractivity contribution in [1.29, 1.82) is 0 Å². The summed E-state index contributed by atoms with van der Waals surface area (Å²) in [6.07, 6.45) is 3.64. The van der Waals surface area contributed by atoms with E-state index in [-0.39, 0.29) is 0 Å². The molecule has 0 fully saturated rings. The van der Waals surface area contributed by atoms with Gasteiger partial charge in [0.25, 0.3) is 0 Å². The quantitative estimate of drug-likeness (QED) is 0.740. The second-order valence-electron chi connectivity index (χ2n) is 3.85. The Kier molecular flexibility index (Phi) is 2.77. The van der Waals surface area contributed by atoms with Gasteiger partial charge in [-0.3, -0.25) is 4.98 Å². The van der Waals surface area contributed by atoms with Gasteiger partial charge in [-0.15, -0.1) is 0 Å². The standard InChI is InChI=1S/C13H14N2/c1-10(2)12-8-14-9-13(15-12)11-6-4-3-5-7-11/h3-10H,1-2H3. The van der Waals surface area contributed by atoms with E-state index in [4.69, 9.17) is 0 Å². The molecule has 2 heteroatoms. The highest BCUT2D eigenvalue weighted by Crippen LogP contribution is 2.18. The van der Waals surface area contributed by atoms with E-state index in [1.54, 1.807) is 6.20 Å². The Morgan fingerprint density at radius 3 is 2.40 bits per heavy atom. The molecule has 0 amide bonds. The van der Waals surface area contributed by atoms with Gasteiger partial charge in [0.1, 0.15) is 0 Å². The van der Waals surface area contributed by atoms with Crippen molar-refractivity contribution in [2.24, 2.45) is 0 Å². The molecule has 2 rings (SSSR count). The van der Waals surface area contributed by atoms with E-state index < -0.39 is 0 Å². The van der Waals surface area contributed by atoms with Gasteiger partial charge in [-0.2, -0.15) is 0 Å². The molecule has 1 heterocycles. The Morgan fingerprint density at radius 1 is 1.00 bits per heavy atom. The SMILES string of the molecule is CC(C)c1cncc(-c2ccccc2)n1. The van der Waals surface area contributed by atoms with Gasteiger partial charge >= 0.3 is 0 Å². The van der Waals surface area contributed by atoms with Gasteiger partial charge in [-0.05, 0) is 5.92 Å². The van der Waals surface area contributed by atoms with Gasteiger partial charge in [0.2, 0.25) is 0 Å². The van der Waals surface area contributed by atoms with Crippen LogP contribution in [0.4, 0.5) is 0 Å². The number of rotatable bonds is 2. The maximum absolute atomic E-state index is 4.58. The number of hydrogen-bond acceptors (Lipinski definition) is 2. The lowest BCUT2D eigenvalue weighted by Crippen LogP contribution is -1.95. The summed E-state index contributed by atoms with van der Waals surface area (Å²) in [6, 6.07) is 10.1. The Bertz CT molecular complexity index is 435. The summed E-state index contributed by atoms with van der Waals surface area (Å²) in [4.78, 5) is 8.80. The average Bonchev–Trinajstić information content (AvgIpc) is 2.30. The van der Waals surface area contributed by atoms with Crippen molar-refractivity contribution in [3.63, 3.8) is 0 Å².